The van der Waals surface area contributed by atoms with Crippen LogP contribution >= 0.6 is 24.0 Å². The molecule has 1 aliphatic rings. The summed E-state index contributed by atoms with van der Waals surface area (Å²) in [7, 11) is 1.54. The van der Waals surface area contributed by atoms with Gasteiger partial charge in [-0.25, -0.2) is 0 Å². The summed E-state index contributed by atoms with van der Waals surface area (Å²) in [5, 5.41) is 10.8. The summed E-state index contributed by atoms with van der Waals surface area (Å²) >= 11 is 6.70. The van der Waals surface area contributed by atoms with E-state index < -0.39 is 4.92 Å². The molecule has 0 N–H and O–H groups in total. The molecular weight excluding hydrogens is 472 g/mol. The zero-order valence-electron chi connectivity index (χ0n) is 18.2. The maximum absolute atomic E-state index is 12.9. The van der Waals surface area contributed by atoms with E-state index in [2.05, 4.69) is 0 Å². The normalized spacial score (nSPS) is 14.5. The summed E-state index contributed by atoms with van der Waals surface area (Å²) in [4.78, 5) is 25.4. The molecule has 0 aliphatic carbocycles. The minimum atomic E-state index is -0.443. The van der Waals surface area contributed by atoms with Crippen molar-refractivity contribution in [3.05, 3.63) is 105 Å². The van der Waals surface area contributed by atoms with Gasteiger partial charge in [-0.3, -0.25) is 19.8 Å². The highest BCUT2D eigenvalue weighted by Gasteiger charge is 2.32. The molecule has 0 radical (unpaired) electrons. The molecule has 0 spiro atoms. The van der Waals surface area contributed by atoms with Crippen LogP contribution < -0.4 is 9.47 Å². The van der Waals surface area contributed by atoms with Crippen molar-refractivity contribution in [1.29, 1.82) is 0 Å². The van der Waals surface area contributed by atoms with Crippen LogP contribution in [0.2, 0.25) is 0 Å². The molecule has 1 heterocycles. The number of non-ortho nitro benzene ring substituents is 1. The molecule has 0 unspecified atom stereocenters. The van der Waals surface area contributed by atoms with E-state index in [1.165, 1.54) is 31.0 Å². The lowest BCUT2D eigenvalue weighted by atomic mass is 10.1. The summed E-state index contributed by atoms with van der Waals surface area (Å²) in [6.45, 7) is 0.660. The fourth-order valence-corrected chi connectivity index (χ4v) is 4.58. The molecule has 0 saturated carbocycles. The molecule has 4 rings (SSSR count). The number of nitro groups is 1. The summed E-state index contributed by atoms with van der Waals surface area (Å²) < 4.78 is 11.8. The SMILES string of the molecule is COc1cc(/C=C2\SC(=S)N(Cc3ccccc3)C2=O)ccc1OCc1ccc([N+](=O)[O-])cc1. The predicted octanol–water partition coefficient (Wildman–Crippen LogP) is 5.58. The second kappa shape index (κ2) is 10.5. The van der Waals surface area contributed by atoms with Gasteiger partial charge in [-0.1, -0.05) is 60.4 Å². The van der Waals surface area contributed by atoms with E-state index >= 15 is 0 Å². The van der Waals surface area contributed by atoms with Gasteiger partial charge in [-0.05, 0) is 47.0 Å². The Hall–Kier alpha value is -3.69. The Morgan fingerprint density at radius 2 is 1.76 bits per heavy atom. The smallest absolute Gasteiger partial charge is 0.269 e. The van der Waals surface area contributed by atoms with Gasteiger partial charge in [-0.2, -0.15) is 0 Å². The van der Waals surface area contributed by atoms with Gasteiger partial charge in [0.05, 0.1) is 23.5 Å². The number of thiocarbonyl (C=S) groups is 1. The first-order valence-corrected chi connectivity index (χ1v) is 11.5. The average molecular weight is 493 g/mol. The lowest BCUT2D eigenvalue weighted by Crippen LogP contribution is -2.27. The van der Waals surface area contributed by atoms with E-state index in [1.54, 1.807) is 35.2 Å². The van der Waals surface area contributed by atoms with Gasteiger partial charge in [-0.15, -0.1) is 0 Å². The van der Waals surface area contributed by atoms with Gasteiger partial charge in [0.2, 0.25) is 0 Å². The topological polar surface area (TPSA) is 81.9 Å². The van der Waals surface area contributed by atoms with Gasteiger partial charge in [0.25, 0.3) is 11.6 Å². The van der Waals surface area contributed by atoms with Crippen LogP contribution in [0.1, 0.15) is 16.7 Å². The number of thioether (sulfide) groups is 1. The Morgan fingerprint density at radius 1 is 1.03 bits per heavy atom. The van der Waals surface area contributed by atoms with Crippen molar-refractivity contribution < 1.29 is 19.2 Å². The van der Waals surface area contributed by atoms with E-state index in [0.717, 1.165) is 16.7 Å². The summed E-state index contributed by atoms with van der Waals surface area (Å²) in [6.07, 6.45) is 1.78. The number of methoxy groups -OCH3 is 1. The number of rotatable bonds is 8. The van der Waals surface area contributed by atoms with Gasteiger partial charge in [0.1, 0.15) is 10.9 Å². The van der Waals surface area contributed by atoms with Crippen LogP contribution in [0.5, 0.6) is 11.5 Å². The zero-order valence-corrected chi connectivity index (χ0v) is 19.8. The molecular formula is C25H20N2O5S2. The maximum atomic E-state index is 12.9. The average Bonchev–Trinajstić information content (AvgIpc) is 3.11. The number of nitrogens with zero attached hydrogens (tertiary/aromatic N) is 2. The standard InChI is InChI=1S/C25H20N2O5S2/c1-31-22-13-19(9-12-21(22)32-16-18-7-10-20(11-8-18)27(29)30)14-23-24(28)26(25(33)34-23)15-17-5-3-2-4-6-17/h2-14H,15-16H2,1H3/b23-14-. The molecule has 1 saturated heterocycles. The third-order valence-electron chi connectivity index (χ3n) is 5.08. The third kappa shape index (κ3) is 5.44. The lowest BCUT2D eigenvalue weighted by molar-refractivity contribution is -0.384. The zero-order chi connectivity index (χ0) is 24.1. The van der Waals surface area contributed by atoms with Gasteiger partial charge >= 0.3 is 0 Å². The molecule has 1 amide bonds. The molecule has 1 fully saturated rings. The first-order valence-electron chi connectivity index (χ1n) is 10.3. The first-order chi connectivity index (χ1) is 16.4. The molecule has 3 aromatic rings. The van der Waals surface area contributed by atoms with Crippen molar-refractivity contribution in [3.8, 4) is 11.5 Å². The largest absolute Gasteiger partial charge is 0.493 e. The molecule has 172 valence electrons. The molecule has 0 atom stereocenters. The van der Waals surface area contributed by atoms with Crippen molar-refractivity contribution >= 4 is 46.0 Å². The number of nitro benzene ring substituents is 1. The van der Waals surface area contributed by atoms with Crippen LogP contribution in [0.3, 0.4) is 0 Å². The van der Waals surface area contributed by atoms with E-state index in [-0.39, 0.29) is 18.2 Å². The molecule has 1 aliphatic heterocycles. The molecule has 0 bridgehead atoms. The van der Waals surface area contributed by atoms with Crippen LogP contribution in [0.25, 0.3) is 6.08 Å². The number of carbonyl (C=O) groups excluding carboxylic acids is 1. The van der Waals surface area contributed by atoms with Gasteiger partial charge in [0.15, 0.2) is 11.5 Å². The van der Waals surface area contributed by atoms with Crippen molar-refractivity contribution in [1.82, 2.24) is 4.90 Å². The Kier molecular flexibility index (Phi) is 7.24. The van der Waals surface area contributed by atoms with E-state index in [9.17, 15) is 14.9 Å². The Labute approximate surface area is 206 Å². The number of hydrogen-bond acceptors (Lipinski definition) is 7. The molecule has 34 heavy (non-hydrogen) atoms. The number of ether oxygens (including phenoxy) is 2. The minimum Gasteiger partial charge on any atom is -0.493 e. The van der Waals surface area contributed by atoms with Crippen molar-refractivity contribution in [2.45, 2.75) is 13.2 Å². The molecule has 7 nitrogen and oxygen atoms in total. The number of benzene rings is 3. The molecule has 0 aromatic heterocycles. The molecule has 9 heteroatoms. The fourth-order valence-electron chi connectivity index (χ4n) is 3.32. The lowest BCUT2D eigenvalue weighted by Gasteiger charge is -2.14. The van der Waals surface area contributed by atoms with E-state index in [0.29, 0.717) is 27.3 Å². The number of carbonyl (C=O) groups is 1. The van der Waals surface area contributed by atoms with Crippen molar-refractivity contribution in [3.63, 3.8) is 0 Å². The predicted molar refractivity (Wildman–Crippen MR) is 136 cm³/mol. The summed E-state index contributed by atoms with van der Waals surface area (Å²) in [5.41, 5.74) is 2.61. The van der Waals surface area contributed by atoms with Crippen molar-refractivity contribution in [2.24, 2.45) is 0 Å². The number of amides is 1. The fraction of sp³-hybridized carbons (Fsp3) is 0.120. The van der Waals surface area contributed by atoms with Crippen LogP contribution in [0, 0.1) is 10.1 Å². The van der Waals surface area contributed by atoms with Crippen molar-refractivity contribution in [2.75, 3.05) is 7.11 Å². The van der Waals surface area contributed by atoms with E-state index in [1.807, 2.05) is 36.4 Å². The Bertz CT molecular complexity index is 1260. The van der Waals surface area contributed by atoms with Gasteiger partial charge in [0, 0.05) is 12.1 Å². The highest BCUT2D eigenvalue weighted by Crippen LogP contribution is 2.35. The minimum absolute atomic E-state index is 0.0277. The van der Waals surface area contributed by atoms with Crippen LogP contribution in [0.4, 0.5) is 5.69 Å². The summed E-state index contributed by atoms with van der Waals surface area (Å²) in [5.74, 6) is 0.904. The van der Waals surface area contributed by atoms with Gasteiger partial charge < -0.3 is 9.47 Å². The third-order valence-corrected chi connectivity index (χ3v) is 6.46. The Balaban J connectivity index is 1.46. The van der Waals surface area contributed by atoms with Crippen LogP contribution in [-0.4, -0.2) is 27.2 Å². The summed E-state index contributed by atoms with van der Waals surface area (Å²) in [6, 6.07) is 21.3. The highest BCUT2D eigenvalue weighted by atomic mass is 32.2. The Morgan fingerprint density at radius 3 is 2.44 bits per heavy atom. The highest BCUT2D eigenvalue weighted by molar-refractivity contribution is 8.26. The second-order valence-corrected chi connectivity index (χ2v) is 9.05. The van der Waals surface area contributed by atoms with E-state index in [4.69, 9.17) is 21.7 Å². The van der Waals surface area contributed by atoms with Crippen LogP contribution in [-0.2, 0) is 17.9 Å². The quantitative estimate of drug-likeness (QED) is 0.176. The van der Waals surface area contributed by atoms with Crippen LogP contribution in [0.15, 0.2) is 77.7 Å². The monoisotopic (exact) mass is 492 g/mol. The molecule has 3 aromatic carbocycles. The first kappa shape index (κ1) is 23.5. The number of hydrogen-bond donors (Lipinski definition) is 0. The second-order valence-electron chi connectivity index (χ2n) is 7.38. The maximum Gasteiger partial charge on any atom is 0.269 e.